The van der Waals surface area contributed by atoms with E-state index in [-0.39, 0.29) is 0 Å². The molecular weight excluding hydrogens is 262 g/mol. The minimum Gasteiger partial charge on any atom is -0.341 e. The smallest absolute Gasteiger partial charge is 0.226 e. The van der Waals surface area contributed by atoms with Crippen molar-refractivity contribution in [3.63, 3.8) is 0 Å². The second-order valence-electron chi connectivity index (χ2n) is 7.14. The maximum absolute atomic E-state index is 12.7. The lowest BCUT2D eigenvalue weighted by Gasteiger charge is -2.29. The summed E-state index contributed by atoms with van der Waals surface area (Å²) in [6, 6.07) is 0.602. The molecule has 3 unspecified atom stereocenters. The van der Waals surface area contributed by atoms with E-state index >= 15 is 0 Å². The summed E-state index contributed by atoms with van der Waals surface area (Å²) in [5.74, 6) is 2.37. The summed E-state index contributed by atoms with van der Waals surface area (Å²) in [7, 11) is 0. The largest absolute Gasteiger partial charge is 0.341 e. The Balaban J connectivity index is 1.52. The van der Waals surface area contributed by atoms with Gasteiger partial charge in [0.25, 0.3) is 0 Å². The number of hydrogen-bond donors (Lipinski definition) is 1. The van der Waals surface area contributed by atoms with Gasteiger partial charge in [0, 0.05) is 38.1 Å². The molecule has 0 aromatic rings. The summed E-state index contributed by atoms with van der Waals surface area (Å²) in [5, 5.41) is 0. The summed E-state index contributed by atoms with van der Waals surface area (Å²) < 4.78 is 0. The molecular formula is C17H31N3O. The first kappa shape index (κ1) is 15.3. The van der Waals surface area contributed by atoms with Gasteiger partial charge in [-0.3, -0.25) is 9.69 Å². The van der Waals surface area contributed by atoms with Gasteiger partial charge in [0.05, 0.1) is 0 Å². The molecule has 0 spiro atoms. The van der Waals surface area contributed by atoms with Crippen molar-refractivity contribution < 1.29 is 4.79 Å². The van der Waals surface area contributed by atoms with E-state index in [1.165, 1.54) is 19.3 Å². The van der Waals surface area contributed by atoms with Crippen LogP contribution >= 0.6 is 0 Å². The van der Waals surface area contributed by atoms with Crippen molar-refractivity contribution >= 4 is 5.91 Å². The minimum atomic E-state index is 0.399. The fourth-order valence-electron chi connectivity index (χ4n) is 4.76. The Labute approximate surface area is 129 Å². The van der Waals surface area contributed by atoms with Gasteiger partial charge in [0.2, 0.25) is 5.91 Å². The number of amides is 1. The topological polar surface area (TPSA) is 49.6 Å². The van der Waals surface area contributed by atoms with Crippen molar-refractivity contribution in [1.29, 1.82) is 0 Å². The SMILES string of the molecule is CCC(CCN)N1CCCN(C(=O)C2C3CCCC32)CC1. The quantitative estimate of drug-likeness (QED) is 0.839. The highest BCUT2D eigenvalue weighted by Gasteiger charge is 2.57. The highest BCUT2D eigenvalue weighted by atomic mass is 16.2. The van der Waals surface area contributed by atoms with Crippen LogP contribution < -0.4 is 5.73 Å². The third kappa shape index (κ3) is 3.11. The van der Waals surface area contributed by atoms with Crippen LogP contribution in [0, 0.1) is 17.8 Å². The second-order valence-corrected chi connectivity index (χ2v) is 7.14. The van der Waals surface area contributed by atoms with E-state index in [1.807, 2.05) is 0 Å². The summed E-state index contributed by atoms with van der Waals surface area (Å²) in [6.07, 6.45) is 7.32. The Bertz CT molecular complexity index is 363. The van der Waals surface area contributed by atoms with Gasteiger partial charge in [0.1, 0.15) is 0 Å². The molecule has 2 N–H and O–H groups in total. The summed E-state index contributed by atoms with van der Waals surface area (Å²) >= 11 is 0. The van der Waals surface area contributed by atoms with E-state index in [9.17, 15) is 4.79 Å². The van der Waals surface area contributed by atoms with E-state index in [4.69, 9.17) is 5.73 Å². The molecule has 0 aromatic heterocycles. The molecule has 1 aliphatic heterocycles. The van der Waals surface area contributed by atoms with Crippen LogP contribution in [0.15, 0.2) is 0 Å². The van der Waals surface area contributed by atoms with Crippen molar-refractivity contribution in [2.75, 3.05) is 32.7 Å². The summed E-state index contributed by atoms with van der Waals surface area (Å²) in [4.78, 5) is 17.4. The zero-order valence-electron chi connectivity index (χ0n) is 13.5. The van der Waals surface area contributed by atoms with Crippen LogP contribution in [0.5, 0.6) is 0 Å². The summed E-state index contributed by atoms with van der Waals surface area (Å²) in [6.45, 7) is 7.06. The third-order valence-electron chi connectivity index (χ3n) is 6.02. The van der Waals surface area contributed by atoms with E-state index in [0.29, 0.717) is 17.9 Å². The second kappa shape index (κ2) is 6.66. The Kier molecular flexibility index (Phi) is 4.85. The van der Waals surface area contributed by atoms with E-state index in [1.54, 1.807) is 0 Å². The highest BCUT2D eigenvalue weighted by Crippen LogP contribution is 2.58. The number of carbonyl (C=O) groups is 1. The standard InChI is InChI=1S/C17H31N3O/c1-2-13(7-8-18)19-9-4-10-20(12-11-19)17(21)16-14-5-3-6-15(14)16/h13-16H,2-12,18H2,1H3. The van der Waals surface area contributed by atoms with Gasteiger partial charge in [-0.1, -0.05) is 13.3 Å². The molecule has 3 fully saturated rings. The van der Waals surface area contributed by atoms with Crippen molar-refractivity contribution in [1.82, 2.24) is 9.80 Å². The lowest BCUT2D eigenvalue weighted by atomic mass is 10.1. The maximum atomic E-state index is 12.7. The van der Waals surface area contributed by atoms with Crippen LogP contribution in [0.3, 0.4) is 0 Å². The molecule has 3 atom stereocenters. The Hall–Kier alpha value is -0.610. The number of nitrogens with zero attached hydrogens (tertiary/aromatic N) is 2. The first-order valence-corrected chi connectivity index (χ1v) is 8.99. The van der Waals surface area contributed by atoms with Crippen molar-refractivity contribution in [2.45, 2.75) is 51.5 Å². The number of nitrogens with two attached hydrogens (primary N) is 1. The molecule has 2 saturated carbocycles. The molecule has 2 aliphatic carbocycles. The molecule has 1 amide bonds. The Morgan fingerprint density at radius 1 is 1.14 bits per heavy atom. The third-order valence-corrected chi connectivity index (χ3v) is 6.02. The lowest BCUT2D eigenvalue weighted by molar-refractivity contribution is -0.133. The lowest BCUT2D eigenvalue weighted by Crippen LogP contribution is -2.40. The fourth-order valence-corrected chi connectivity index (χ4v) is 4.76. The Morgan fingerprint density at radius 2 is 1.90 bits per heavy atom. The van der Waals surface area contributed by atoms with Gasteiger partial charge in [-0.05, 0) is 50.5 Å². The zero-order chi connectivity index (χ0) is 14.8. The van der Waals surface area contributed by atoms with E-state index < -0.39 is 0 Å². The molecule has 3 rings (SSSR count). The molecule has 0 bridgehead atoms. The van der Waals surface area contributed by atoms with Gasteiger partial charge < -0.3 is 10.6 Å². The average molecular weight is 293 g/mol. The van der Waals surface area contributed by atoms with E-state index in [0.717, 1.165) is 63.8 Å². The van der Waals surface area contributed by atoms with Crippen molar-refractivity contribution in [3.8, 4) is 0 Å². The first-order chi connectivity index (χ1) is 10.3. The first-order valence-electron chi connectivity index (χ1n) is 8.99. The predicted octanol–water partition coefficient (Wildman–Crippen LogP) is 1.69. The van der Waals surface area contributed by atoms with Gasteiger partial charge in [0.15, 0.2) is 0 Å². The molecule has 3 aliphatic rings. The number of fused-ring (bicyclic) bond motifs is 1. The monoisotopic (exact) mass is 293 g/mol. The molecule has 120 valence electrons. The average Bonchev–Trinajstić information content (AvgIpc) is 3.09. The van der Waals surface area contributed by atoms with Gasteiger partial charge >= 0.3 is 0 Å². The van der Waals surface area contributed by atoms with Gasteiger partial charge in [-0.2, -0.15) is 0 Å². The normalized spacial score (nSPS) is 34.4. The number of carbonyl (C=O) groups excluding carboxylic acids is 1. The molecule has 0 radical (unpaired) electrons. The fraction of sp³-hybridized carbons (Fsp3) is 0.941. The number of rotatable bonds is 5. The molecule has 1 saturated heterocycles. The molecule has 4 heteroatoms. The predicted molar refractivity (Wildman–Crippen MR) is 84.8 cm³/mol. The van der Waals surface area contributed by atoms with Crippen molar-refractivity contribution in [2.24, 2.45) is 23.5 Å². The maximum Gasteiger partial charge on any atom is 0.226 e. The molecule has 4 nitrogen and oxygen atoms in total. The van der Waals surface area contributed by atoms with Crippen LogP contribution in [0.2, 0.25) is 0 Å². The highest BCUT2D eigenvalue weighted by molar-refractivity contribution is 5.82. The van der Waals surface area contributed by atoms with Crippen LogP contribution in [-0.2, 0) is 4.79 Å². The Morgan fingerprint density at radius 3 is 2.57 bits per heavy atom. The van der Waals surface area contributed by atoms with Gasteiger partial charge in [-0.25, -0.2) is 0 Å². The van der Waals surface area contributed by atoms with Crippen LogP contribution in [0.25, 0.3) is 0 Å². The molecule has 0 aromatic carbocycles. The van der Waals surface area contributed by atoms with Crippen LogP contribution in [0.4, 0.5) is 0 Å². The van der Waals surface area contributed by atoms with E-state index in [2.05, 4.69) is 16.7 Å². The zero-order valence-corrected chi connectivity index (χ0v) is 13.5. The molecule has 21 heavy (non-hydrogen) atoms. The minimum absolute atomic E-state index is 0.399. The van der Waals surface area contributed by atoms with Crippen LogP contribution in [0.1, 0.15) is 45.4 Å². The van der Waals surface area contributed by atoms with Crippen molar-refractivity contribution in [3.05, 3.63) is 0 Å². The van der Waals surface area contributed by atoms with Crippen LogP contribution in [-0.4, -0.2) is 54.5 Å². The van der Waals surface area contributed by atoms with Gasteiger partial charge in [-0.15, -0.1) is 0 Å². The molecule has 1 heterocycles. The number of hydrogen-bond acceptors (Lipinski definition) is 3. The summed E-state index contributed by atoms with van der Waals surface area (Å²) in [5.41, 5.74) is 5.74.